The first kappa shape index (κ1) is 30.2. The van der Waals surface area contributed by atoms with Gasteiger partial charge in [0.05, 0.1) is 0 Å². The Labute approximate surface area is 289 Å². The van der Waals surface area contributed by atoms with Crippen LogP contribution < -0.4 is 4.90 Å². The minimum Gasteiger partial charge on any atom is -0.310 e. The molecule has 0 amide bonds. The molecule has 7 aromatic carbocycles. The van der Waals surface area contributed by atoms with Crippen LogP contribution in [0.25, 0.3) is 32.7 Å². The van der Waals surface area contributed by atoms with Crippen LogP contribution >= 0.6 is 0 Å². The van der Waals surface area contributed by atoms with Gasteiger partial charge in [0, 0.05) is 17.1 Å². The standard InChI is InChI=1S/C48H37N/c1-34-21-23-38(24-22-34)48(42-28-26-37-14-10-12-16-41(37)32-42)47-33-45(49(43-17-5-3-6-18-43)44-19-7-4-8-20-44)29-30-46(47)35(2)39-27-25-36-13-9-11-15-40(36)31-39/h3-23,25-33H,2,24H2,1H3/b48-38-. The highest BCUT2D eigenvalue weighted by Gasteiger charge is 2.21. The van der Waals surface area contributed by atoms with E-state index in [9.17, 15) is 0 Å². The molecular formula is C48H37N. The number of benzene rings is 7. The van der Waals surface area contributed by atoms with E-state index in [2.05, 4.69) is 194 Å². The Hall–Kier alpha value is -6.18. The van der Waals surface area contributed by atoms with E-state index in [4.69, 9.17) is 6.58 Å². The Balaban J connectivity index is 1.40. The predicted molar refractivity (Wildman–Crippen MR) is 211 cm³/mol. The van der Waals surface area contributed by atoms with Gasteiger partial charge in [0.15, 0.2) is 0 Å². The highest BCUT2D eigenvalue weighted by molar-refractivity contribution is 5.98. The summed E-state index contributed by atoms with van der Waals surface area (Å²) >= 11 is 0. The highest BCUT2D eigenvalue weighted by atomic mass is 15.1. The zero-order valence-corrected chi connectivity index (χ0v) is 27.7. The summed E-state index contributed by atoms with van der Waals surface area (Å²) in [5.41, 5.74) is 12.7. The number of fused-ring (bicyclic) bond motifs is 2. The van der Waals surface area contributed by atoms with Crippen LogP contribution in [0.5, 0.6) is 0 Å². The smallest absolute Gasteiger partial charge is 0.0468 e. The molecule has 0 spiro atoms. The number of allylic oxidation sites excluding steroid dienone is 5. The molecule has 0 fully saturated rings. The van der Waals surface area contributed by atoms with Crippen LogP contribution in [0.4, 0.5) is 17.1 Å². The fourth-order valence-electron chi connectivity index (χ4n) is 6.96. The molecule has 0 saturated carbocycles. The molecule has 1 aliphatic rings. The van der Waals surface area contributed by atoms with Gasteiger partial charge in [-0.1, -0.05) is 146 Å². The van der Waals surface area contributed by atoms with Crippen molar-refractivity contribution in [3.63, 3.8) is 0 Å². The Bertz CT molecular complexity index is 2390. The van der Waals surface area contributed by atoms with Crippen LogP contribution in [0, 0.1) is 0 Å². The second-order valence-electron chi connectivity index (χ2n) is 12.7. The average molecular weight is 628 g/mol. The van der Waals surface area contributed by atoms with Crippen molar-refractivity contribution in [3.8, 4) is 0 Å². The van der Waals surface area contributed by atoms with Gasteiger partial charge < -0.3 is 4.90 Å². The predicted octanol–water partition coefficient (Wildman–Crippen LogP) is 13.2. The van der Waals surface area contributed by atoms with E-state index in [1.54, 1.807) is 0 Å². The third-order valence-corrected chi connectivity index (χ3v) is 9.53. The molecule has 0 N–H and O–H groups in total. The summed E-state index contributed by atoms with van der Waals surface area (Å²) in [6.07, 6.45) is 7.74. The van der Waals surface area contributed by atoms with Crippen molar-refractivity contribution in [1.82, 2.24) is 0 Å². The van der Waals surface area contributed by atoms with Gasteiger partial charge in [-0.05, 0) is 122 Å². The fourth-order valence-corrected chi connectivity index (χ4v) is 6.96. The van der Waals surface area contributed by atoms with E-state index in [0.717, 1.165) is 45.7 Å². The first-order valence-electron chi connectivity index (χ1n) is 16.9. The van der Waals surface area contributed by atoms with Crippen LogP contribution in [-0.2, 0) is 0 Å². The molecule has 0 saturated heterocycles. The highest BCUT2D eigenvalue weighted by Crippen LogP contribution is 2.43. The summed E-state index contributed by atoms with van der Waals surface area (Å²) in [6, 6.07) is 58.9. The summed E-state index contributed by atoms with van der Waals surface area (Å²) in [7, 11) is 0. The number of hydrogen-bond acceptors (Lipinski definition) is 1. The molecule has 0 aromatic heterocycles. The zero-order valence-electron chi connectivity index (χ0n) is 27.7. The summed E-state index contributed by atoms with van der Waals surface area (Å²) in [6.45, 7) is 6.95. The normalized spacial score (nSPS) is 13.7. The van der Waals surface area contributed by atoms with Gasteiger partial charge in [0.1, 0.15) is 0 Å². The molecule has 0 bridgehead atoms. The second kappa shape index (κ2) is 13.1. The molecule has 1 aliphatic carbocycles. The van der Waals surface area contributed by atoms with Crippen molar-refractivity contribution in [2.75, 3.05) is 4.90 Å². The Kier molecular flexibility index (Phi) is 8.09. The molecule has 0 atom stereocenters. The third kappa shape index (κ3) is 6.04. The maximum Gasteiger partial charge on any atom is 0.0468 e. The van der Waals surface area contributed by atoms with E-state index >= 15 is 0 Å². The van der Waals surface area contributed by atoms with Crippen LogP contribution in [-0.4, -0.2) is 0 Å². The molecule has 1 heteroatoms. The zero-order chi connectivity index (χ0) is 33.2. The molecule has 1 nitrogen and oxygen atoms in total. The van der Waals surface area contributed by atoms with Crippen molar-refractivity contribution in [1.29, 1.82) is 0 Å². The van der Waals surface area contributed by atoms with Crippen molar-refractivity contribution in [3.05, 3.63) is 222 Å². The van der Waals surface area contributed by atoms with Crippen LogP contribution in [0.1, 0.15) is 35.6 Å². The molecule has 0 radical (unpaired) electrons. The summed E-state index contributed by atoms with van der Waals surface area (Å²) in [5.74, 6) is 0. The van der Waals surface area contributed by atoms with Gasteiger partial charge >= 0.3 is 0 Å². The monoisotopic (exact) mass is 627 g/mol. The first-order chi connectivity index (χ1) is 24.1. The van der Waals surface area contributed by atoms with Crippen LogP contribution in [0.3, 0.4) is 0 Å². The van der Waals surface area contributed by atoms with Crippen molar-refractivity contribution in [2.24, 2.45) is 0 Å². The van der Waals surface area contributed by atoms with Crippen molar-refractivity contribution >= 4 is 49.8 Å². The molecule has 234 valence electrons. The summed E-state index contributed by atoms with van der Waals surface area (Å²) in [4.78, 5) is 2.34. The van der Waals surface area contributed by atoms with Crippen molar-refractivity contribution < 1.29 is 0 Å². The molecule has 0 unspecified atom stereocenters. The van der Waals surface area contributed by atoms with Gasteiger partial charge in [0.25, 0.3) is 0 Å². The number of para-hydroxylation sites is 2. The number of hydrogen-bond donors (Lipinski definition) is 0. The molecular weight excluding hydrogens is 591 g/mol. The van der Waals surface area contributed by atoms with E-state index in [1.165, 1.54) is 43.8 Å². The van der Waals surface area contributed by atoms with E-state index in [1.807, 2.05) is 0 Å². The Morgan fingerprint density at radius 3 is 1.63 bits per heavy atom. The summed E-state index contributed by atoms with van der Waals surface area (Å²) in [5, 5.41) is 4.90. The first-order valence-corrected chi connectivity index (χ1v) is 16.9. The lowest BCUT2D eigenvalue weighted by atomic mass is 9.83. The van der Waals surface area contributed by atoms with Gasteiger partial charge in [-0.2, -0.15) is 0 Å². The topological polar surface area (TPSA) is 3.24 Å². The van der Waals surface area contributed by atoms with Gasteiger partial charge in [-0.25, -0.2) is 0 Å². The summed E-state index contributed by atoms with van der Waals surface area (Å²) < 4.78 is 0. The lowest BCUT2D eigenvalue weighted by molar-refractivity contribution is 1.21. The van der Waals surface area contributed by atoms with Gasteiger partial charge in [-0.3, -0.25) is 0 Å². The van der Waals surface area contributed by atoms with Gasteiger partial charge in [0.2, 0.25) is 0 Å². The number of anilines is 3. The molecule has 8 rings (SSSR count). The second-order valence-corrected chi connectivity index (χ2v) is 12.7. The number of nitrogens with zero attached hydrogens (tertiary/aromatic N) is 1. The van der Waals surface area contributed by atoms with Crippen LogP contribution in [0.15, 0.2) is 200 Å². The van der Waals surface area contributed by atoms with E-state index < -0.39 is 0 Å². The van der Waals surface area contributed by atoms with Crippen molar-refractivity contribution in [2.45, 2.75) is 13.3 Å². The third-order valence-electron chi connectivity index (χ3n) is 9.53. The Morgan fingerprint density at radius 1 is 0.490 bits per heavy atom. The SMILES string of the molecule is C=C(c1ccc2ccccc2c1)c1ccc(N(c2ccccc2)c2ccccc2)cc1/C(=C1/C=CC(C)=CC1)c1ccc2ccccc2c1. The fraction of sp³-hybridized carbons (Fsp3) is 0.0417. The largest absolute Gasteiger partial charge is 0.310 e. The molecule has 0 heterocycles. The minimum atomic E-state index is 0.859. The molecule has 49 heavy (non-hydrogen) atoms. The lowest BCUT2D eigenvalue weighted by Gasteiger charge is -2.28. The maximum atomic E-state index is 4.77. The maximum absolute atomic E-state index is 4.77. The molecule has 0 aliphatic heterocycles. The quantitative estimate of drug-likeness (QED) is 0.170. The molecule has 7 aromatic rings. The van der Waals surface area contributed by atoms with Gasteiger partial charge in [-0.15, -0.1) is 0 Å². The number of rotatable bonds is 7. The van der Waals surface area contributed by atoms with E-state index in [-0.39, 0.29) is 0 Å². The van der Waals surface area contributed by atoms with E-state index in [0.29, 0.717) is 0 Å². The minimum absolute atomic E-state index is 0.859. The lowest BCUT2D eigenvalue weighted by Crippen LogP contribution is -2.11. The van der Waals surface area contributed by atoms with Crippen LogP contribution in [0.2, 0.25) is 0 Å². The average Bonchev–Trinajstić information content (AvgIpc) is 3.16. The Morgan fingerprint density at radius 2 is 1.04 bits per heavy atom.